The van der Waals surface area contributed by atoms with E-state index in [2.05, 4.69) is 27.7 Å². The number of ketones is 1. The minimum atomic E-state index is -0.137. The zero-order valence-electron chi connectivity index (χ0n) is 15.5. The number of hydrogen-bond donors (Lipinski definition) is 0. The van der Waals surface area contributed by atoms with E-state index in [9.17, 15) is 4.79 Å². The number of Topliss-reactive ketones (excluding diaryl/α,β-unsaturated/α-hetero) is 1. The van der Waals surface area contributed by atoms with Crippen molar-refractivity contribution >= 4 is 5.78 Å². The molecule has 0 amide bonds. The quantitative estimate of drug-likeness (QED) is 0.496. The van der Waals surface area contributed by atoms with Gasteiger partial charge >= 0.3 is 0 Å². The first-order valence-corrected chi connectivity index (χ1v) is 9.88. The van der Waals surface area contributed by atoms with Crippen molar-refractivity contribution in [3.8, 4) is 0 Å². The van der Waals surface area contributed by atoms with Crippen molar-refractivity contribution in [3.63, 3.8) is 0 Å². The summed E-state index contributed by atoms with van der Waals surface area (Å²) in [6, 6.07) is 0. The van der Waals surface area contributed by atoms with Crippen LogP contribution in [-0.4, -0.2) is 5.78 Å². The number of carbonyl (C=O) groups excluding carboxylic acids is 1. The van der Waals surface area contributed by atoms with Crippen LogP contribution < -0.4 is 0 Å². The number of rotatable bonds is 0. The van der Waals surface area contributed by atoms with E-state index in [0.717, 1.165) is 24.7 Å². The van der Waals surface area contributed by atoms with Crippen LogP contribution in [0.1, 0.15) is 105 Å². The van der Waals surface area contributed by atoms with E-state index >= 15 is 0 Å². The van der Waals surface area contributed by atoms with Crippen molar-refractivity contribution < 1.29 is 4.79 Å². The summed E-state index contributed by atoms with van der Waals surface area (Å²) in [6.07, 6.45) is 15.8. The first kappa shape index (κ1) is 18.0. The van der Waals surface area contributed by atoms with Gasteiger partial charge in [0.1, 0.15) is 5.78 Å². The molecule has 0 aromatic rings. The monoisotopic (exact) mass is 306 g/mol. The van der Waals surface area contributed by atoms with Crippen molar-refractivity contribution in [1.82, 2.24) is 0 Å². The maximum Gasteiger partial charge on any atom is 0.144 e. The van der Waals surface area contributed by atoms with Crippen molar-refractivity contribution in [2.24, 2.45) is 22.7 Å². The second kappa shape index (κ2) is 7.49. The highest BCUT2D eigenvalue weighted by molar-refractivity contribution is 5.89. The molecule has 0 N–H and O–H groups in total. The van der Waals surface area contributed by atoms with Crippen molar-refractivity contribution in [1.29, 1.82) is 0 Å². The van der Waals surface area contributed by atoms with Gasteiger partial charge in [-0.25, -0.2) is 0 Å². The van der Waals surface area contributed by atoms with Crippen LogP contribution in [-0.2, 0) is 4.79 Å². The molecule has 2 fully saturated rings. The normalized spacial score (nSPS) is 33.9. The van der Waals surface area contributed by atoms with Gasteiger partial charge in [0.05, 0.1) is 0 Å². The smallest absolute Gasteiger partial charge is 0.144 e. The van der Waals surface area contributed by atoms with Crippen LogP contribution in [0.3, 0.4) is 0 Å². The molecule has 2 saturated carbocycles. The van der Waals surface area contributed by atoms with Gasteiger partial charge < -0.3 is 0 Å². The first-order valence-electron chi connectivity index (χ1n) is 9.88. The van der Waals surface area contributed by atoms with E-state index in [1.807, 2.05) is 0 Å². The van der Waals surface area contributed by atoms with Gasteiger partial charge in [-0.1, -0.05) is 85.5 Å². The zero-order valence-corrected chi connectivity index (χ0v) is 15.5. The van der Waals surface area contributed by atoms with E-state index < -0.39 is 0 Å². The lowest BCUT2D eigenvalue weighted by molar-refractivity contribution is -0.136. The van der Waals surface area contributed by atoms with Gasteiger partial charge in [0, 0.05) is 10.8 Å². The average Bonchev–Trinajstić information content (AvgIpc) is 3.19. The van der Waals surface area contributed by atoms with Gasteiger partial charge in [-0.05, 0) is 31.1 Å². The maximum atomic E-state index is 12.9. The van der Waals surface area contributed by atoms with Crippen molar-refractivity contribution in [2.45, 2.75) is 105 Å². The highest BCUT2D eigenvalue weighted by Crippen LogP contribution is 2.46. The molecule has 0 unspecified atom stereocenters. The molecule has 0 heterocycles. The molecule has 0 bridgehead atoms. The first-order chi connectivity index (χ1) is 10.3. The molecule has 2 atom stereocenters. The molecule has 2 aliphatic carbocycles. The SMILES string of the molecule is CC1(C)CCCCCC[C@@H]2C[C@@H]2CCCCCC(C)(C)C1=O. The van der Waals surface area contributed by atoms with Gasteiger partial charge in [-0.3, -0.25) is 4.79 Å². The van der Waals surface area contributed by atoms with Crippen molar-refractivity contribution in [2.75, 3.05) is 0 Å². The fraction of sp³-hybridized carbons (Fsp3) is 0.952. The van der Waals surface area contributed by atoms with Gasteiger partial charge in [0.15, 0.2) is 0 Å². The van der Waals surface area contributed by atoms with Crippen LogP contribution in [0.2, 0.25) is 0 Å². The van der Waals surface area contributed by atoms with Crippen LogP contribution >= 0.6 is 0 Å². The fourth-order valence-electron chi connectivity index (χ4n) is 4.64. The Hall–Kier alpha value is -0.330. The Morgan fingerprint density at radius 2 is 1.09 bits per heavy atom. The molecule has 0 aliphatic heterocycles. The summed E-state index contributed by atoms with van der Waals surface area (Å²) < 4.78 is 0. The van der Waals surface area contributed by atoms with Crippen LogP contribution in [0.4, 0.5) is 0 Å². The molecule has 0 spiro atoms. The molecule has 22 heavy (non-hydrogen) atoms. The van der Waals surface area contributed by atoms with Crippen LogP contribution in [0, 0.1) is 22.7 Å². The Labute approximate surface area is 138 Å². The van der Waals surface area contributed by atoms with Crippen molar-refractivity contribution in [3.05, 3.63) is 0 Å². The zero-order chi connectivity index (χ0) is 16.2. The van der Waals surface area contributed by atoms with E-state index in [4.69, 9.17) is 0 Å². The fourth-order valence-corrected chi connectivity index (χ4v) is 4.64. The third-order valence-corrected chi connectivity index (χ3v) is 6.30. The lowest BCUT2D eigenvalue weighted by Crippen LogP contribution is -2.37. The number of hydrogen-bond acceptors (Lipinski definition) is 1. The molecule has 0 radical (unpaired) electrons. The molecule has 128 valence electrons. The Morgan fingerprint density at radius 3 is 1.59 bits per heavy atom. The highest BCUT2D eigenvalue weighted by atomic mass is 16.1. The molecule has 1 heteroatoms. The minimum Gasteiger partial charge on any atom is -0.299 e. The third kappa shape index (κ3) is 5.10. The Bertz CT molecular complexity index is 366. The van der Waals surface area contributed by atoms with Crippen LogP contribution in [0.5, 0.6) is 0 Å². The molecular formula is C21H38O. The topological polar surface area (TPSA) is 17.1 Å². The Morgan fingerprint density at radius 1 is 0.682 bits per heavy atom. The second-order valence-corrected chi connectivity index (χ2v) is 9.40. The lowest BCUT2D eigenvalue weighted by atomic mass is 9.69. The number of carbonyl (C=O) groups is 1. The Kier molecular flexibility index (Phi) is 6.14. The van der Waals surface area contributed by atoms with E-state index in [0.29, 0.717) is 5.78 Å². The predicted octanol–water partition coefficient (Wildman–Crippen LogP) is 6.55. The molecule has 0 aromatic heterocycles. The summed E-state index contributed by atoms with van der Waals surface area (Å²) in [7, 11) is 0. The standard InChI is InChI=1S/C21H38O/c1-20(2)14-10-6-5-8-12-17-16-18(17)13-9-7-11-15-21(3,4)19(20)22/h17-18H,5-16H2,1-4H3/t17-,18+/m1/s1. The van der Waals surface area contributed by atoms with Gasteiger partial charge in [0.25, 0.3) is 0 Å². The largest absolute Gasteiger partial charge is 0.299 e. The van der Waals surface area contributed by atoms with E-state index in [1.165, 1.54) is 64.2 Å². The molecule has 2 aliphatic rings. The van der Waals surface area contributed by atoms with Crippen LogP contribution in [0.25, 0.3) is 0 Å². The summed E-state index contributed by atoms with van der Waals surface area (Å²) in [6.45, 7) is 8.71. The molecule has 0 saturated heterocycles. The Balaban J connectivity index is 1.90. The van der Waals surface area contributed by atoms with Gasteiger partial charge in [-0.2, -0.15) is 0 Å². The van der Waals surface area contributed by atoms with Gasteiger partial charge in [-0.15, -0.1) is 0 Å². The van der Waals surface area contributed by atoms with Gasteiger partial charge in [0.2, 0.25) is 0 Å². The summed E-state index contributed by atoms with van der Waals surface area (Å²) in [5.41, 5.74) is -0.273. The van der Waals surface area contributed by atoms with Crippen LogP contribution in [0.15, 0.2) is 0 Å². The lowest BCUT2D eigenvalue weighted by Gasteiger charge is -2.33. The third-order valence-electron chi connectivity index (χ3n) is 6.30. The van der Waals surface area contributed by atoms with E-state index in [1.54, 1.807) is 0 Å². The highest BCUT2D eigenvalue weighted by Gasteiger charge is 2.38. The molecule has 2 rings (SSSR count). The molecule has 0 aromatic carbocycles. The second-order valence-electron chi connectivity index (χ2n) is 9.40. The minimum absolute atomic E-state index is 0.136. The number of fused-ring (bicyclic) bond motifs is 1. The average molecular weight is 307 g/mol. The predicted molar refractivity (Wildman–Crippen MR) is 95.0 cm³/mol. The molecule has 1 nitrogen and oxygen atoms in total. The summed E-state index contributed by atoms with van der Waals surface area (Å²) in [5.74, 6) is 2.62. The van der Waals surface area contributed by atoms with E-state index in [-0.39, 0.29) is 10.8 Å². The maximum absolute atomic E-state index is 12.9. The summed E-state index contributed by atoms with van der Waals surface area (Å²) in [5, 5.41) is 0. The molecular weight excluding hydrogens is 268 g/mol. The summed E-state index contributed by atoms with van der Waals surface area (Å²) >= 11 is 0. The summed E-state index contributed by atoms with van der Waals surface area (Å²) in [4.78, 5) is 12.9.